The Hall–Kier alpha value is -1.06. The van der Waals surface area contributed by atoms with Crippen LogP contribution in [-0.2, 0) is 9.53 Å². The molecule has 1 rings (SSSR count). The second kappa shape index (κ2) is 4.44. The van der Waals surface area contributed by atoms with E-state index in [4.69, 9.17) is 4.74 Å². The Balaban J connectivity index is 2.58. The second-order valence-corrected chi connectivity index (χ2v) is 5.59. The van der Waals surface area contributed by atoms with Crippen molar-refractivity contribution in [3.8, 4) is 0 Å². The summed E-state index contributed by atoms with van der Waals surface area (Å²) in [4.78, 5) is 24.1. The molecule has 16 heavy (non-hydrogen) atoms. The molecular weight excluding hydrogens is 206 g/mol. The number of likely N-dealkylation sites (N-methyl/N-ethyl adjacent to an activating group) is 1. The van der Waals surface area contributed by atoms with Crippen LogP contribution in [0.5, 0.6) is 0 Å². The quantitative estimate of drug-likeness (QED) is 0.693. The molecule has 0 heterocycles. The topological polar surface area (TPSA) is 46.6 Å². The Morgan fingerprint density at radius 2 is 2.00 bits per heavy atom. The Bertz CT molecular complexity index is 282. The normalized spacial score (nSPS) is 25.8. The zero-order valence-electron chi connectivity index (χ0n) is 10.7. The molecule has 1 aliphatic rings. The van der Waals surface area contributed by atoms with E-state index in [2.05, 4.69) is 6.92 Å². The third-order valence-electron chi connectivity index (χ3n) is 2.88. The molecule has 0 spiro atoms. The molecule has 0 bridgehead atoms. The van der Waals surface area contributed by atoms with E-state index in [-0.39, 0.29) is 6.04 Å². The van der Waals surface area contributed by atoms with Crippen LogP contribution in [0.4, 0.5) is 4.79 Å². The van der Waals surface area contributed by atoms with Gasteiger partial charge in [0.15, 0.2) is 0 Å². The van der Waals surface area contributed by atoms with Crippen LogP contribution in [0.3, 0.4) is 0 Å². The minimum atomic E-state index is -0.520. The van der Waals surface area contributed by atoms with E-state index in [0.29, 0.717) is 11.8 Å². The first-order valence-electron chi connectivity index (χ1n) is 5.67. The van der Waals surface area contributed by atoms with E-state index in [9.17, 15) is 9.59 Å². The van der Waals surface area contributed by atoms with Gasteiger partial charge in [-0.15, -0.1) is 0 Å². The Morgan fingerprint density at radius 1 is 1.50 bits per heavy atom. The van der Waals surface area contributed by atoms with Gasteiger partial charge in [-0.2, -0.15) is 0 Å². The molecule has 0 aromatic rings. The summed E-state index contributed by atoms with van der Waals surface area (Å²) >= 11 is 0. The van der Waals surface area contributed by atoms with Crippen molar-refractivity contribution >= 4 is 12.4 Å². The SMILES string of the molecule is CC1CC1C(C=O)N(C)C(=O)OC(C)(C)C. The van der Waals surface area contributed by atoms with Crippen LogP contribution in [-0.4, -0.2) is 36.0 Å². The summed E-state index contributed by atoms with van der Waals surface area (Å²) in [6.45, 7) is 7.53. The summed E-state index contributed by atoms with van der Waals surface area (Å²) in [5, 5.41) is 0. The summed E-state index contributed by atoms with van der Waals surface area (Å²) in [5.41, 5.74) is -0.520. The number of hydrogen-bond donors (Lipinski definition) is 0. The van der Waals surface area contributed by atoms with E-state index in [1.807, 2.05) is 20.8 Å². The number of amides is 1. The van der Waals surface area contributed by atoms with Crippen LogP contribution in [0.2, 0.25) is 0 Å². The summed E-state index contributed by atoms with van der Waals surface area (Å²) in [6, 6.07) is -0.343. The Kier molecular flexibility index (Phi) is 3.61. The molecular formula is C12H21NO3. The average molecular weight is 227 g/mol. The van der Waals surface area contributed by atoms with Gasteiger partial charge >= 0.3 is 6.09 Å². The van der Waals surface area contributed by atoms with Gasteiger partial charge in [-0.25, -0.2) is 4.79 Å². The highest BCUT2D eigenvalue weighted by atomic mass is 16.6. The lowest BCUT2D eigenvalue weighted by atomic mass is 10.1. The molecule has 4 nitrogen and oxygen atoms in total. The largest absolute Gasteiger partial charge is 0.444 e. The summed E-state index contributed by atoms with van der Waals surface area (Å²) in [6.07, 6.45) is 1.43. The highest BCUT2D eigenvalue weighted by Gasteiger charge is 2.43. The molecule has 0 radical (unpaired) electrons. The van der Waals surface area contributed by atoms with E-state index < -0.39 is 11.7 Å². The minimum Gasteiger partial charge on any atom is -0.444 e. The number of nitrogens with zero attached hydrogens (tertiary/aromatic N) is 1. The molecule has 1 saturated carbocycles. The van der Waals surface area contributed by atoms with Crippen molar-refractivity contribution in [2.45, 2.75) is 45.8 Å². The number of carbonyl (C=O) groups excluding carboxylic acids is 2. The molecule has 4 heteroatoms. The number of rotatable bonds is 3. The van der Waals surface area contributed by atoms with Crippen molar-refractivity contribution in [3.05, 3.63) is 0 Å². The molecule has 1 amide bonds. The lowest BCUT2D eigenvalue weighted by Crippen LogP contribution is -2.43. The lowest BCUT2D eigenvalue weighted by Gasteiger charge is -2.28. The predicted octanol–water partition coefficient (Wildman–Crippen LogP) is 2.08. The summed E-state index contributed by atoms with van der Waals surface area (Å²) in [5.74, 6) is 0.829. The Morgan fingerprint density at radius 3 is 2.31 bits per heavy atom. The average Bonchev–Trinajstić information content (AvgIpc) is 2.81. The van der Waals surface area contributed by atoms with Gasteiger partial charge in [-0.05, 0) is 39.0 Å². The fourth-order valence-electron chi connectivity index (χ4n) is 1.76. The van der Waals surface area contributed by atoms with Crippen molar-refractivity contribution < 1.29 is 14.3 Å². The van der Waals surface area contributed by atoms with Gasteiger partial charge in [-0.1, -0.05) is 6.92 Å². The number of aldehydes is 1. The fraction of sp³-hybridized carbons (Fsp3) is 0.833. The fourth-order valence-corrected chi connectivity index (χ4v) is 1.76. The minimum absolute atomic E-state index is 0.301. The lowest BCUT2D eigenvalue weighted by molar-refractivity contribution is -0.112. The van der Waals surface area contributed by atoms with Gasteiger partial charge in [0, 0.05) is 7.05 Å². The molecule has 0 N–H and O–H groups in total. The molecule has 0 saturated heterocycles. The molecule has 0 aliphatic heterocycles. The molecule has 3 atom stereocenters. The highest BCUT2D eigenvalue weighted by molar-refractivity contribution is 5.74. The van der Waals surface area contributed by atoms with Crippen molar-refractivity contribution in [1.82, 2.24) is 4.90 Å². The molecule has 1 fully saturated rings. The van der Waals surface area contributed by atoms with Crippen LogP contribution < -0.4 is 0 Å². The number of hydrogen-bond acceptors (Lipinski definition) is 3. The third-order valence-corrected chi connectivity index (χ3v) is 2.88. The molecule has 0 aromatic carbocycles. The standard InChI is InChI=1S/C12H21NO3/c1-8-6-9(8)10(7-14)13(5)11(15)16-12(2,3)4/h7-10H,6H2,1-5H3. The van der Waals surface area contributed by atoms with Crippen molar-refractivity contribution in [2.24, 2.45) is 11.8 Å². The van der Waals surface area contributed by atoms with Crippen LogP contribution in [0.1, 0.15) is 34.1 Å². The maximum atomic E-state index is 11.7. The van der Waals surface area contributed by atoms with E-state index in [1.165, 1.54) is 4.90 Å². The van der Waals surface area contributed by atoms with Gasteiger partial charge in [-0.3, -0.25) is 0 Å². The third kappa shape index (κ3) is 3.22. The van der Waals surface area contributed by atoms with Crippen LogP contribution in [0.25, 0.3) is 0 Å². The van der Waals surface area contributed by atoms with Crippen LogP contribution >= 0.6 is 0 Å². The van der Waals surface area contributed by atoms with E-state index >= 15 is 0 Å². The summed E-state index contributed by atoms with van der Waals surface area (Å²) < 4.78 is 5.22. The monoisotopic (exact) mass is 227 g/mol. The number of carbonyl (C=O) groups is 2. The van der Waals surface area contributed by atoms with Gasteiger partial charge in [0.2, 0.25) is 0 Å². The zero-order valence-corrected chi connectivity index (χ0v) is 10.7. The Labute approximate surface area is 96.9 Å². The molecule has 3 unspecified atom stereocenters. The van der Waals surface area contributed by atoms with Crippen molar-refractivity contribution in [1.29, 1.82) is 0 Å². The van der Waals surface area contributed by atoms with E-state index in [1.54, 1.807) is 7.05 Å². The molecule has 0 aromatic heterocycles. The van der Waals surface area contributed by atoms with E-state index in [0.717, 1.165) is 12.7 Å². The van der Waals surface area contributed by atoms with Gasteiger partial charge < -0.3 is 14.4 Å². The molecule has 1 aliphatic carbocycles. The highest BCUT2D eigenvalue weighted by Crippen LogP contribution is 2.41. The smallest absolute Gasteiger partial charge is 0.410 e. The molecule has 92 valence electrons. The van der Waals surface area contributed by atoms with Gasteiger partial charge in [0.05, 0.1) is 6.04 Å². The maximum Gasteiger partial charge on any atom is 0.410 e. The first-order chi connectivity index (χ1) is 7.26. The first-order valence-corrected chi connectivity index (χ1v) is 5.67. The van der Waals surface area contributed by atoms with Crippen LogP contribution in [0, 0.1) is 11.8 Å². The number of ether oxygens (including phenoxy) is 1. The second-order valence-electron chi connectivity index (χ2n) is 5.59. The van der Waals surface area contributed by atoms with Gasteiger partial charge in [0.25, 0.3) is 0 Å². The van der Waals surface area contributed by atoms with Crippen molar-refractivity contribution in [2.75, 3.05) is 7.05 Å². The maximum absolute atomic E-state index is 11.7. The predicted molar refractivity (Wildman–Crippen MR) is 61.1 cm³/mol. The van der Waals surface area contributed by atoms with Crippen LogP contribution in [0.15, 0.2) is 0 Å². The zero-order chi connectivity index (χ0) is 12.5. The van der Waals surface area contributed by atoms with Crippen molar-refractivity contribution in [3.63, 3.8) is 0 Å². The first kappa shape index (κ1) is 13.0. The van der Waals surface area contributed by atoms with Gasteiger partial charge in [0.1, 0.15) is 11.9 Å². The summed E-state index contributed by atoms with van der Waals surface area (Å²) in [7, 11) is 1.62.